The largest absolute Gasteiger partial charge is 0.480 e. The van der Waals surface area contributed by atoms with E-state index in [9.17, 15) is 26.7 Å². The molecule has 0 bridgehead atoms. The van der Waals surface area contributed by atoms with Gasteiger partial charge in [0, 0.05) is 12.6 Å². The Labute approximate surface area is 160 Å². The topological polar surface area (TPSA) is 118 Å². The third kappa shape index (κ3) is 4.87. The van der Waals surface area contributed by atoms with Crippen LogP contribution in [0.5, 0.6) is 0 Å². The van der Waals surface area contributed by atoms with Crippen molar-refractivity contribution in [1.82, 2.24) is 4.31 Å². The van der Waals surface area contributed by atoms with Crippen molar-refractivity contribution >= 4 is 25.8 Å². The Bertz CT molecular complexity index is 907. The van der Waals surface area contributed by atoms with Gasteiger partial charge in [-0.2, -0.15) is 4.31 Å². The summed E-state index contributed by atoms with van der Waals surface area (Å²) < 4.78 is 56.3. The van der Waals surface area contributed by atoms with Gasteiger partial charge in [0.25, 0.3) is 0 Å². The zero-order chi connectivity index (χ0) is 20.5. The molecule has 152 valence electrons. The molecule has 1 aliphatic rings. The van der Waals surface area contributed by atoms with E-state index in [1.165, 1.54) is 31.4 Å². The van der Waals surface area contributed by atoms with Gasteiger partial charge in [0.05, 0.1) is 23.0 Å². The van der Waals surface area contributed by atoms with E-state index in [2.05, 4.69) is 0 Å². The highest BCUT2D eigenvalue weighted by Crippen LogP contribution is 2.38. The zero-order valence-electron chi connectivity index (χ0n) is 15.6. The molecule has 1 N–H and O–H groups in total. The summed E-state index contributed by atoms with van der Waals surface area (Å²) in [5, 5.41) is 9.42. The highest BCUT2D eigenvalue weighted by Gasteiger charge is 2.50. The van der Waals surface area contributed by atoms with Gasteiger partial charge in [-0.1, -0.05) is 12.1 Å². The van der Waals surface area contributed by atoms with E-state index in [0.29, 0.717) is 12.0 Å². The van der Waals surface area contributed by atoms with Crippen LogP contribution in [0.25, 0.3) is 0 Å². The minimum absolute atomic E-state index is 0.0581. The van der Waals surface area contributed by atoms with Crippen molar-refractivity contribution in [3.05, 3.63) is 29.8 Å². The van der Waals surface area contributed by atoms with Gasteiger partial charge in [0.1, 0.15) is 6.04 Å². The lowest BCUT2D eigenvalue weighted by atomic mass is 10.0. The number of hydrogen-bond donors (Lipinski definition) is 1. The number of sulfonamides is 1. The Morgan fingerprint density at radius 3 is 2.56 bits per heavy atom. The second-order valence-electron chi connectivity index (χ2n) is 7.24. The van der Waals surface area contributed by atoms with Crippen LogP contribution in [0, 0.1) is 0 Å². The minimum Gasteiger partial charge on any atom is -0.480 e. The SMILES string of the molecule is COCCS(=O)(=O)Cc1cccc(S(=O)(=O)N2[C@H](C(=O)O)CCC2(C)C)c1. The molecule has 0 radical (unpaired) electrons. The molecule has 0 saturated carbocycles. The van der Waals surface area contributed by atoms with E-state index in [4.69, 9.17) is 4.74 Å². The average molecular weight is 420 g/mol. The first-order chi connectivity index (χ1) is 12.4. The van der Waals surface area contributed by atoms with Crippen molar-refractivity contribution in [2.24, 2.45) is 0 Å². The van der Waals surface area contributed by atoms with E-state index in [0.717, 1.165) is 4.31 Å². The quantitative estimate of drug-likeness (QED) is 0.674. The number of rotatable bonds is 8. The summed E-state index contributed by atoms with van der Waals surface area (Å²) >= 11 is 0. The molecule has 1 saturated heterocycles. The number of carboxylic acid groups (broad SMARTS) is 1. The molecule has 1 atom stereocenters. The van der Waals surface area contributed by atoms with Crippen LogP contribution in [0.2, 0.25) is 0 Å². The van der Waals surface area contributed by atoms with Gasteiger partial charge in [-0.15, -0.1) is 0 Å². The van der Waals surface area contributed by atoms with Gasteiger partial charge in [0.2, 0.25) is 10.0 Å². The van der Waals surface area contributed by atoms with Crippen LogP contribution in [-0.4, -0.2) is 63.3 Å². The molecular weight excluding hydrogens is 394 g/mol. The monoisotopic (exact) mass is 419 g/mol. The first-order valence-electron chi connectivity index (χ1n) is 8.46. The fraction of sp³-hybridized carbons (Fsp3) is 0.588. The van der Waals surface area contributed by atoms with Gasteiger partial charge in [-0.05, 0) is 44.4 Å². The Morgan fingerprint density at radius 1 is 1.30 bits per heavy atom. The van der Waals surface area contributed by atoms with Crippen molar-refractivity contribution in [3.63, 3.8) is 0 Å². The number of aliphatic carboxylic acids is 1. The number of carboxylic acids is 1. The molecule has 0 aliphatic carbocycles. The van der Waals surface area contributed by atoms with E-state index >= 15 is 0 Å². The van der Waals surface area contributed by atoms with Crippen LogP contribution >= 0.6 is 0 Å². The minimum atomic E-state index is -4.10. The molecule has 0 unspecified atom stereocenters. The number of sulfone groups is 1. The smallest absolute Gasteiger partial charge is 0.322 e. The van der Waals surface area contributed by atoms with Gasteiger partial charge in [0.15, 0.2) is 9.84 Å². The van der Waals surface area contributed by atoms with Gasteiger partial charge in [-0.25, -0.2) is 16.8 Å². The molecule has 1 aromatic rings. The molecule has 0 amide bonds. The number of nitrogens with zero attached hydrogens (tertiary/aromatic N) is 1. The van der Waals surface area contributed by atoms with E-state index in [1.54, 1.807) is 13.8 Å². The second-order valence-corrected chi connectivity index (χ2v) is 11.2. The van der Waals surface area contributed by atoms with Gasteiger partial charge >= 0.3 is 5.97 Å². The highest BCUT2D eigenvalue weighted by molar-refractivity contribution is 7.90. The Hall–Kier alpha value is -1.49. The molecule has 0 aromatic heterocycles. The normalized spacial score (nSPS) is 20.6. The molecular formula is C17H25NO7S2. The Morgan fingerprint density at radius 2 is 1.96 bits per heavy atom. The standard InChI is InChI=1S/C17H25NO7S2/c1-17(2)8-7-15(16(19)20)18(17)27(23,24)14-6-4-5-13(11-14)12-26(21,22)10-9-25-3/h4-6,11,15H,7-10,12H2,1-3H3,(H,19,20)/t15-/m0/s1. The van der Waals surface area contributed by atoms with Crippen LogP contribution in [-0.2, 0) is 35.1 Å². The predicted molar refractivity (Wildman–Crippen MR) is 99.6 cm³/mol. The van der Waals surface area contributed by atoms with E-state index in [-0.39, 0.29) is 29.4 Å². The fourth-order valence-electron chi connectivity index (χ4n) is 3.30. The van der Waals surface area contributed by atoms with Crippen LogP contribution in [0.3, 0.4) is 0 Å². The third-order valence-electron chi connectivity index (χ3n) is 4.63. The summed E-state index contributed by atoms with van der Waals surface area (Å²) in [4.78, 5) is 11.4. The number of hydrogen-bond acceptors (Lipinski definition) is 6. The Balaban J connectivity index is 2.38. The fourth-order valence-corrected chi connectivity index (χ4v) is 6.60. The number of methoxy groups -OCH3 is 1. The lowest BCUT2D eigenvalue weighted by Crippen LogP contribution is -2.49. The molecule has 2 rings (SSSR count). The van der Waals surface area contributed by atoms with Crippen molar-refractivity contribution < 1.29 is 31.5 Å². The van der Waals surface area contributed by atoms with Crippen molar-refractivity contribution in [1.29, 1.82) is 0 Å². The first-order valence-corrected chi connectivity index (χ1v) is 11.7. The molecule has 1 aromatic carbocycles. The summed E-state index contributed by atoms with van der Waals surface area (Å²) in [7, 11) is -6.15. The lowest BCUT2D eigenvalue weighted by Gasteiger charge is -2.33. The molecule has 10 heteroatoms. The molecule has 8 nitrogen and oxygen atoms in total. The molecule has 27 heavy (non-hydrogen) atoms. The van der Waals surface area contributed by atoms with Gasteiger partial charge < -0.3 is 9.84 Å². The van der Waals surface area contributed by atoms with Crippen LogP contribution in [0.1, 0.15) is 32.3 Å². The summed E-state index contributed by atoms with van der Waals surface area (Å²) in [6, 6.07) is 4.51. The highest BCUT2D eigenvalue weighted by atomic mass is 32.2. The molecule has 1 aliphatic heterocycles. The number of benzene rings is 1. The van der Waals surface area contributed by atoms with Crippen molar-refractivity contribution in [2.75, 3.05) is 19.5 Å². The first kappa shape index (κ1) is 21.8. The summed E-state index contributed by atoms with van der Waals surface area (Å²) in [5.41, 5.74) is -0.515. The second kappa shape index (κ2) is 7.86. The Kier molecular flexibility index (Phi) is 6.35. The van der Waals surface area contributed by atoms with E-state index in [1.807, 2.05) is 0 Å². The van der Waals surface area contributed by atoms with Crippen molar-refractivity contribution in [2.45, 2.75) is 48.9 Å². The lowest BCUT2D eigenvalue weighted by molar-refractivity contribution is -0.141. The summed E-state index contributed by atoms with van der Waals surface area (Å²) in [5.74, 6) is -1.67. The third-order valence-corrected chi connectivity index (χ3v) is 8.31. The summed E-state index contributed by atoms with van der Waals surface area (Å²) in [6.07, 6.45) is 0.654. The average Bonchev–Trinajstić information content (AvgIpc) is 2.89. The maximum Gasteiger partial charge on any atom is 0.322 e. The van der Waals surface area contributed by atoms with E-state index < -0.39 is 37.4 Å². The number of ether oxygens (including phenoxy) is 1. The van der Waals surface area contributed by atoms with Gasteiger partial charge in [-0.3, -0.25) is 4.79 Å². The maximum absolute atomic E-state index is 13.1. The maximum atomic E-state index is 13.1. The zero-order valence-corrected chi connectivity index (χ0v) is 17.2. The van der Waals surface area contributed by atoms with Crippen LogP contribution in [0.4, 0.5) is 0 Å². The summed E-state index contributed by atoms with van der Waals surface area (Å²) in [6.45, 7) is 3.43. The molecule has 0 spiro atoms. The molecule has 1 heterocycles. The van der Waals surface area contributed by atoms with Crippen molar-refractivity contribution in [3.8, 4) is 0 Å². The number of carbonyl (C=O) groups is 1. The predicted octanol–water partition coefficient (Wildman–Crippen LogP) is 1.26. The van der Waals surface area contributed by atoms with Crippen LogP contribution < -0.4 is 0 Å². The molecule has 1 fully saturated rings. The van der Waals surface area contributed by atoms with Crippen LogP contribution in [0.15, 0.2) is 29.2 Å².